The second-order valence-corrected chi connectivity index (χ2v) is 4.30. The van der Waals surface area contributed by atoms with E-state index in [4.69, 9.17) is 9.94 Å². The van der Waals surface area contributed by atoms with Gasteiger partial charge in [0.1, 0.15) is 5.75 Å². The molecule has 0 aliphatic heterocycles. The number of carbonyl (C=O) groups is 1. The van der Waals surface area contributed by atoms with Crippen LogP contribution in [0.5, 0.6) is 5.75 Å². The minimum atomic E-state index is -0.564. The highest BCUT2D eigenvalue weighted by Crippen LogP contribution is 2.13. The molecule has 1 heterocycles. The maximum atomic E-state index is 10.8. The van der Waals surface area contributed by atoms with Gasteiger partial charge in [-0.05, 0) is 35.9 Å². The number of hydrogen-bond acceptors (Lipinski definition) is 4. The van der Waals surface area contributed by atoms with Gasteiger partial charge in [-0.1, -0.05) is 18.2 Å². The smallest absolute Gasteiger partial charge is 0.267 e. The fourth-order valence-electron chi connectivity index (χ4n) is 1.70. The third-order valence-corrected chi connectivity index (χ3v) is 2.77. The first kappa shape index (κ1) is 14.7. The maximum Gasteiger partial charge on any atom is 0.267 e. The van der Waals surface area contributed by atoms with Crippen LogP contribution >= 0.6 is 0 Å². The van der Waals surface area contributed by atoms with E-state index < -0.39 is 5.91 Å². The van der Waals surface area contributed by atoms with Gasteiger partial charge in [-0.15, -0.1) is 0 Å². The van der Waals surface area contributed by atoms with Gasteiger partial charge in [-0.2, -0.15) is 0 Å². The lowest BCUT2D eigenvalue weighted by Gasteiger charge is -2.06. The lowest BCUT2D eigenvalue weighted by Crippen LogP contribution is -2.14. The molecule has 21 heavy (non-hydrogen) atoms. The summed E-state index contributed by atoms with van der Waals surface area (Å²) in [6.45, 7) is 0.555. The number of pyridine rings is 1. The van der Waals surface area contributed by atoms with E-state index in [0.717, 1.165) is 23.4 Å². The van der Waals surface area contributed by atoms with E-state index in [-0.39, 0.29) is 0 Å². The summed E-state index contributed by atoms with van der Waals surface area (Å²) in [6, 6.07) is 13.1. The summed E-state index contributed by atoms with van der Waals surface area (Å²) < 4.78 is 5.63. The molecule has 5 nitrogen and oxygen atoms in total. The summed E-state index contributed by atoms with van der Waals surface area (Å²) in [7, 11) is 0. The Labute approximate surface area is 122 Å². The predicted octanol–water partition coefficient (Wildman–Crippen LogP) is 2.22. The maximum absolute atomic E-state index is 10.8. The summed E-state index contributed by atoms with van der Waals surface area (Å²) in [5.74, 6) is 0.195. The summed E-state index contributed by atoms with van der Waals surface area (Å²) in [5.41, 5.74) is 3.37. The second-order valence-electron chi connectivity index (χ2n) is 4.30. The van der Waals surface area contributed by atoms with Crippen LogP contribution in [0.3, 0.4) is 0 Å². The van der Waals surface area contributed by atoms with Gasteiger partial charge in [0.05, 0.1) is 6.61 Å². The van der Waals surface area contributed by atoms with E-state index in [2.05, 4.69) is 4.98 Å². The molecule has 0 radical (unpaired) electrons. The number of rotatable bonds is 6. The number of benzene rings is 1. The SMILES string of the molecule is O=C(/C=C/c1ccc(OCCc2ccccn2)cc1)NO. The lowest BCUT2D eigenvalue weighted by molar-refractivity contribution is -0.124. The van der Waals surface area contributed by atoms with E-state index in [1.807, 2.05) is 42.5 Å². The first-order valence-corrected chi connectivity index (χ1v) is 6.53. The Balaban J connectivity index is 1.82. The van der Waals surface area contributed by atoms with E-state index in [1.54, 1.807) is 12.3 Å². The van der Waals surface area contributed by atoms with Crippen LogP contribution in [0, 0.1) is 0 Å². The van der Waals surface area contributed by atoms with Crippen LogP contribution in [0.2, 0.25) is 0 Å². The average molecular weight is 284 g/mol. The highest BCUT2D eigenvalue weighted by Gasteiger charge is 1.97. The highest BCUT2D eigenvalue weighted by atomic mass is 16.5. The standard InChI is InChI=1S/C16H16N2O3/c19-16(18-20)9-6-13-4-7-15(8-5-13)21-12-10-14-3-1-2-11-17-14/h1-9,11,20H,10,12H2,(H,18,19)/b9-6+. The number of hydrogen-bond donors (Lipinski definition) is 2. The van der Waals surface area contributed by atoms with Gasteiger partial charge >= 0.3 is 0 Å². The Hall–Kier alpha value is -2.66. The second kappa shape index (κ2) is 7.81. The van der Waals surface area contributed by atoms with Crippen molar-refractivity contribution >= 4 is 12.0 Å². The molecule has 0 unspecified atom stereocenters. The summed E-state index contributed by atoms with van der Waals surface area (Å²) in [5, 5.41) is 8.37. The van der Waals surface area contributed by atoms with Crippen molar-refractivity contribution in [2.24, 2.45) is 0 Å². The summed E-state index contributed by atoms with van der Waals surface area (Å²) in [6.07, 6.45) is 5.36. The predicted molar refractivity (Wildman–Crippen MR) is 78.8 cm³/mol. The van der Waals surface area contributed by atoms with Crippen molar-refractivity contribution in [3.05, 3.63) is 66.0 Å². The van der Waals surface area contributed by atoms with Crippen LogP contribution in [0.4, 0.5) is 0 Å². The number of hydroxylamine groups is 1. The van der Waals surface area contributed by atoms with Crippen molar-refractivity contribution in [3.8, 4) is 5.75 Å². The van der Waals surface area contributed by atoms with Crippen LogP contribution in [-0.2, 0) is 11.2 Å². The molecular weight excluding hydrogens is 268 g/mol. The molecule has 0 saturated carbocycles. The van der Waals surface area contributed by atoms with E-state index in [9.17, 15) is 4.79 Å². The van der Waals surface area contributed by atoms with Crippen molar-refractivity contribution in [2.75, 3.05) is 6.61 Å². The Bertz CT molecular complexity index is 595. The summed E-state index contributed by atoms with van der Waals surface area (Å²) >= 11 is 0. The van der Waals surface area contributed by atoms with Gasteiger partial charge < -0.3 is 4.74 Å². The Morgan fingerprint density at radius 2 is 2.05 bits per heavy atom. The van der Waals surface area contributed by atoms with Crippen molar-refractivity contribution in [2.45, 2.75) is 6.42 Å². The number of nitrogens with zero attached hydrogens (tertiary/aromatic N) is 1. The molecule has 0 aliphatic rings. The minimum Gasteiger partial charge on any atom is -0.493 e. The zero-order chi connectivity index (χ0) is 14.9. The zero-order valence-electron chi connectivity index (χ0n) is 11.4. The van der Waals surface area contributed by atoms with Gasteiger partial charge in [0.25, 0.3) is 5.91 Å². The number of nitrogens with one attached hydrogen (secondary N) is 1. The van der Waals surface area contributed by atoms with Gasteiger partial charge in [0, 0.05) is 24.4 Å². The zero-order valence-corrected chi connectivity index (χ0v) is 11.4. The number of carbonyl (C=O) groups excluding carboxylic acids is 1. The third kappa shape index (κ3) is 5.08. The number of aromatic nitrogens is 1. The van der Waals surface area contributed by atoms with Gasteiger partial charge in [0.2, 0.25) is 0 Å². The highest BCUT2D eigenvalue weighted by molar-refractivity contribution is 5.90. The third-order valence-electron chi connectivity index (χ3n) is 2.77. The Morgan fingerprint density at radius 1 is 1.24 bits per heavy atom. The fraction of sp³-hybridized carbons (Fsp3) is 0.125. The van der Waals surface area contributed by atoms with Crippen LogP contribution in [-0.4, -0.2) is 22.7 Å². The van der Waals surface area contributed by atoms with Crippen molar-refractivity contribution in [1.82, 2.24) is 10.5 Å². The summed E-state index contributed by atoms with van der Waals surface area (Å²) in [4.78, 5) is 15.1. The molecule has 2 N–H and O–H groups in total. The molecule has 0 saturated heterocycles. The topological polar surface area (TPSA) is 71.5 Å². The first-order valence-electron chi connectivity index (χ1n) is 6.53. The van der Waals surface area contributed by atoms with Crippen LogP contribution in [0.1, 0.15) is 11.3 Å². The molecule has 1 aromatic carbocycles. The molecule has 1 aromatic heterocycles. The van der Waals surface area contributed by atoms with Gasteiger partial charge in [-0.3, -0.25) is 15.0 Å². The van der Waals surface area contributed by atoms with E-state index in [0.29, 0.717) is 6.61 Å². The molecule has 0 atom stereocenters. The van der Waals surface area contributed by atoms with Crippen LogP contribution < -0.4 is 10.2 Å². The quantitative estimate of drug-likeness (QED) is 0.485. The fourth-order valence-corrected chi connectivity index (χ4v) is 1.70. The molecular formula is C16H16N2O3. The molecule has 5 heteroatoms. The molecule has 108 valence electrons. The van der Waals surface area contributed by atoms with Crippen LogP contribution in [0.25, 0.3) is 6.08 Å². The first-order chi connectivity index (χ1) is 10.3. The Kier molecular flexibility index (Phi) is 5.49. The van der Waals surface area contributed by atoms with Crippen molar-refractivity contribution in [3.63, 3.8) is 0 Å². The van der Waals surface area contributed by atoms with Crippen LogP contribution in [0.15, 0.2) is 54.7 Å². The van der Waals surface area contributed by atoms with Gasteiger partial charge in [0.15, 0.2) is 0 Å². The number of ether oxygens (including phenoxy) is 1. The van der Waals surface area contributed by atoms with Gasteiger partial charge in [-0.25, -0.2) is 5.48 Å². The molecule has 0 bridgehead atoms. The minimum absolute atomic E-state index is 0.555. The monoisotopic (exact) mass is 284 g/mol. The van der Waals surface area contributed by atoms with E-state index in [1.165, 1.54) is 11.6 Å². The van der Waals surface area contributed by atoms with Crippen molar-refractivity contribution in [1.29, 1.82) is 0 Å². The molecule has 2 aromatic rings. The molecule has 1 amide bonds. The average Bonchev–Trinajstić information content (AvgIpc) is 2.55. The van der Waals surface area contributed by atoms with Crippen molar-refractivity contribution < 1.29 is 14.7 Å². The lowest BCUT2D eigenvalue weighted by atomic mass is 10.2. The molecule has 0 fully saturated rings. The largest absolute Gasteiger partial charge is 0.493 e. The molecule has 2 rings (SSSR count). The molecule has 0 spiro atoms. The van der Waals surface area contributed by atoms with E-state index >= 15 is 0 Å². The normalized spacial score (nSPS) is 10.5. The Morgan fingerprint density at radius 3 is 2.71 bits per heavy atom. The number of amides is 1. The molecule has 0 aliphatic carbocycles.